The lowest BCUT2D eigenvalue weighted by Crippen LogP contribution is -2.50. The van der Waals surface area contributed by atoms with Crippen molar-refractivity contribution in [3.63, 3.8) is 0 Å². The first-order valence-corrected chi connectivity index (χ1v) is 4.54. The Morgan fingerprint density at radius 1 is 1.00 bits per heavy atom. The van der Waals surface area contributed by atoms with Crippen molar-refractivity contribution in [2.24, 2.45) is 0 Å². The average molecular weight is 172 g/mol. The molecule has 2 aliphatic rings. The third kappa shape index (κ3) is 1.49. The maximum Gasteiger partial charge on any atom is 0.163 e. The summed E-state index contributed by atoms with van der Waals surface area (Å²) in [6, 6.07) is 0. The lowest BCUT2D eigenvalue weighted by molar-refractivity contribution is -0.301. The molecule has 0 aromatic rings. The highest BCUT2D eigenvalue weighted by Crippen LogP contribution is 2.33. The van der Waals surface area contributed by atoms with Crippen LogP contribution in [-0.2, 0) is 14.2 Å². The largest absolute Gasteiger partial charge is 0.370 e. The van der Waals surface area contributed by atoms with Gasteiger partial charge in [0.2, 0.25) is 0 Å². The SMILES string of the molecule is CC1(C)OCC2(CCCO2)CO1. The average Bonchev–Trinajstić information content (AvgIpc) is 2.46. The second-order valence-electron chi connectivity index (χ2n) is 4.11. The lowest BCUT2D eigenvalue weighted by atomic mass is 10.0. The molecule has 12 heavy (non-hydrogen) atoms. The molecule has 70 valence electrons. The predicted molar refractivity (Wildman–Crippen MR) is 43.9 cm³/mol. The quantitative estimate of drug-likeness (QED) is 0.551. The van der Waals surface area contributed by atoms with E-state index in [-0.39, 0.29) is 5.60 Å². The van der Waals surface area contributed by atoms with Crippen LogP contribution in [0.5, 0.6) is 0 Å². The monoisotopic (exact) mass is 172 g/mol. The van der Waals surface area contributed by atoms with Gasteiger partial charge in [-0.15, -0.1) is 0 Å². The molecule has 0 N–H and O–H groups in total. The summed E-state index contributed by atoms with van der Waals surface area (Å²) in [5.74, 6) is -0.419. The van der Waals surface area contributed by atoms with Gasteiger partial charge in [-0.1, -0.05) is 0 Å². The molecule has 3 nitrogen and oxygen atoms in total. The first-order valence-electron chi connectivity index (χ1n) is 4.54. The maximum absolute atomic E-state index is 5.62. The summed E-state index contributed by atoms with van der Waals surface area (Å²) in [7, 11) is 0. The zero-order valence-corrected chi connectivity index (χ0v) is 7.76. The van der Waals surface area contributed by atoms with Crippen LogP contribution >= 0.6 is 0 Å². The van der Waals surface area contributed by atoms with Crippen molar-refractivity contribution in [2.75, 3.05) is 19.8 Å². The summed E-state index contributed by atoms with van der Waals surface area (Å²) >= 11 is 0. The predicted octanol–water partition coefficient (Wildman–Crippen LogP) is 1.32. The van der Waals surface area contributed by atoms with Crippen LogP contribution in [0.4, 0.5) is 0 Å². The van der Waals surface area contributed by atoms with E-state index in [1.165, 1.54) is 0 Å². The van der Waals surface area contributed by atoms with Gasteiger partial charge in [-0.25, -0.2) is 0 Å². The Balaban J connectivity index is 1.97. The van der Waals surface area contributed by atoms with E-state index in [2.05, 4.69) is 0 Å². The van der Waals surface area contributed by atoms with Crippen molar-refractivity contribution in [1.29, 1.82) is 0 Å². The molecule has 2 heterocycles. The minimum absolute atomic E-state index is 0.116. The van der Waals surface area contributed by atoms with Gasteiger partial charge in [0.1, 0.15) is 5.60 Å². The van der Waals surface area contributed by atoms with Gasteiger partial charge in [0.25, 0.3) is 0 Å². The third-order valence-corrected chi connectivity index (χ3v) is 2.55. The Morgan fingerprint density at radius 3 is 2.17 bits per heavy atom. The van der Waals surface area contributed by atoms with Gasteiger partial charge in [0.15, 0.2) is 5.79 Å². The highest BCUT2D eigenvalue weighted by Gasteiger charge is 2.43. The van der Waals surface area contributed by atoms with Gasteiger partial charge in [0, 0.05) is 6.61 Å². The van der Waals surface area contributed by atoms with Gasteiger partial charge >= 0.3 is 0 Å². The molecule has 0 saturated carbocycles. The molecule has 2 saturated heterocycles. The summed E-state index contributed by atoms with van der Waals surface area (Å²) < 4.78 is 16.7. The van der Waals surface area contributed by atoms with E-state index in [1.54, 1.807) is 0 Å². The summed E-state index contributed by atoms with van der Waals surface area (Å²) in [6.07, 6.45) is 2.20. The third-order valence-electron chi connectivity index (χ3n) is 2.55. The smallest absolute Gasteiger partial charge is 0.163 e. The molecule has 0 amide bonds. The number of hydrogen-bond acceptors (Lipinski definition) is 3. The van der Waals surface area contributed by atoms with Crippen LogP contribution in [-0.4, -0.2) is 31.2 Å². The molecule has 0 unspecified atom stereocenters. The second kappa shape index (κ2) is 2.69. The summed E-state index contributed by atoms with van der Waals surface area (Å²) in [6.45, 7) is 6.09. The van der Waals surface area contributed by atoms with Gasteiger partial charge < -0.3 is 14.2 Å². The molecule has 0 aromatic carbocycles. The van der Waals surface area contributed by atoms with E-state index < -0.39 is 5.79 Å². The Morgan fingerprint density at radius 2 is 1.67 bits per heavy atom. The zero-order valence-electron chi connectivity index (χ0n) is 7.76. The van der Waals surface area contributed by atoms with E-state index >= 15 is 0 Å². The zero-order chi connectivity index (χ0) is 8.66. The number of hydrogen-bond donors (Lipinski definition) is 0. The molecular formula is C9H16O3. The topological polar surface area (TPSA) is 27.7 Å². The fourth-order valence-corrected chi connectivity index (χ4v) is 1.68. The minimum atomic E-state index is -0.419. The van der Waals surface area contributed by atoms with Crippen LogP contribution in [0.2, 0.25) is 0 Å². The molecule has 1 spiro atoms. The Hall–Kier alpha value is -0.120. The molecule has 0 bridgehead atoms. The van der Waals surface area contributed by atoms with Gasteiger partial charge in [-0.05, 0) is 26.7 Å². The van der Waals surface area contributed by atoms with Crippen molar-refractivity contribution in [1.82, 2.24) is 0 Å². The van der Waals surface area contributed by atoms with Gasteiger partial charge in [-0.3, -0.25) is 0 Å². The molecule has 2 fully saturated rings. The molecular weight excluding hydrogens is 156 g/mol. The Kier molecular flexibility index (Phi) is 1.90. The van der Waals surface area contributed by atoms with E-state index in [0.717, 1.165) is 19.4 Å². The maximum atomic E-state index is 5.62. The first kappa shape index (κ1) is 8.48. The van der Waals surface area contributed by atoms with E-state index in [1.807, 2.05) is 13.8 Å². The molecule has 0 radical (unpaired) electrons. The molecule has 0 aromatic heterocycles. The van der Waals surface area contributed by atoms with Crippen molar-refractivity contribution in [2.45, 2.75) is 38.1 Å². The van der Waals surface area contributed by atoms with Crippen LogP contribution in [0.1, 0.15) is 26.7 Å². The van der Waals surface area contributed by atoms with Crippen molar-refractivity contribution in [3.05, 3.63) is 0 Å². The summed E-state index contributed by atoms with van der Waals surface area (Å²) in [5, 5.41) is 0. The summed E-state index contributed by atoms with van der Waals surface area (Å²) in [5.41, 5.74) is -0.116. The first-order chi connectivity index (χ1) is 5.62. The molecule has 2 rings (SSSR count). The fraction of sp³-hybridized carbons (Fsp3) is 1.00. The van der Waals surface area contributed by atoms with E-state index in [4.69, 9.17) is 14.2 Å². The number of rotatable bonds is 0. The van der Waals surface area contributed by atoms with Crippen LogP contribution < -0.4 is 0 Å². The highest BCUT2D eigenvalue weighted by atomic mass is 16.7. The highest BCUT2D eigenvalue weighted by molar-refractivity contribution is 4.88. The molecule has 0 aliphatic carbocycles. The van der Waals surface area contributed by atoms with Crippen LogP contribution in [0.15, 0.2) is 0 Å². The Bertz CT molecular complexity index is 159. The van der Waals surface area contributed by atoms with Crippen LogP contribution in [0.3, 0.4) is 0 Å². The van der Waals surface area contributed by atoms with Crippen LogP contribution in [0.25, 0.3) is 0 Å². The van der Waals surface area contributed by atoms with Crippen molar-refractivity contribution >= 4 is 0 Å². The molecule has 3 heteroatoms. The summed E-state index contributed by atoms with van der Waals surface area (Å²) in [4.78, 5) is 0. The van der Waals surface area contributed by atoms with E-state index in [9.17, 15) is 0 Å². The standard InChI is InChI=1S/C9H16O3/c1-8(2)11-6-9(7-12-8)4-3-5-10-9/h3-7H2,1-2H3. The second-order valence-corrected chi connectivity index (χ2v) is 4.11. The molecule has 0 atom stereocenters. The lowest BCUT2D eigenvalue weighted by Gasteiger charge is -2.40. The van der Waals surface area contributed by atoms with Gasteiger partial charge in [-0.2, -0.15) is 0 Å². The molecule has 2 aliphatic heterocycles. The van der Waals surface area contributed by atoms with Crippen molar-refractivity contribution in [3.8, 4) is 0 Å². The van der Waals surface area contributed by atoms with Crippen molar-refractivity contribution < 1.29 is 14.2 Å². The number of ether oxygens (including phenoxy) is 3. The normalized spacial score (nSPS) is 32.5. The Labute approximate surface area is 73.0 Å². The van der Waals surface area contributed by atoms with Gasteiger partial charge in [0.05, 0.1) is 13.2 Å². The van der Waals surface area contributed by atoms with E-state index in [0.29, 0.717) is 13.2 Å². The minimum Gasteiger partial charge on any atom is -0.370 e. The van der Waals surface area contributed by atoms with Crippen LogP contribution in [0, 0.1) is 0 Å². The fourth-order valence-electron chi connectivity index (χ4n) is 1.68.